The molecular formula is C21H30N4OS. The molecule has 0 saturated carbocycles. The summed E-state index contributed by atoms with van der Waals surface area (Å²) in [6.07, 6.45) is 1.39. The van der Waals surface area contributed by atoms with Crippen LogP contribution in [0.2, 0.25) is 0 Å². The summed E-state index contributed by atoms with van der Waals surface area (Å²) < 4.78 is 0. The van der Waals surface area contributed by atoms with Gasteiger partial charge in [-0.25, -0.2) is 4.99 Å². The smallest absolute Gasteiger partial charge is 0.224 e. The first-order valence-electron chi connectivity index (χ1n) is 9.56. The lowest BCUT2D eigenvalue weighted by Crippen LogP contribution is -2.39. The van der Waals surface area contributed by atoms with Crippen LogP contribution >= 0.6 is 11.3 Å². The largest absolute Gasteiger partial charge is 0.357 e. The number of hydrogen-bond donors (Lipinski definition) is 3. The lowest BCUT2D eigenvalue weighted by atomic mass is 10.1. The van der Waals surface area contributed by atoms with Crippen molar-refractivity contribution in [2.24, 2.45) is 4.99 Å². The van der Waals surface area contributed by atoms with Gasteiger partial charge in [-0.3, -0.25) is 4.79 Å². The summed E-state index contributed by atoms with van der Waals surface area (Å²) in [5.41, 5.74) is 1.89. The number of anilines is 1. The molecule has 0 bridgehead atoms. The Kier molecular flexibility index (Phi) is 8.84. The molecule has 1 atom stereocenters. The van der Waals surface area contributed by atoms with Crippen LogP contribution in [0, 0.1) is 0 Å². The Balaban J connectivity index is 1.94. The molecule has 1 unspecified atom stereocenters. The van der Waals surface area contributed by atoms with E-state index >= 15 is 0 Å². The van der Waals surface area contributed by atoms with Crippen molar-refractivity contribution in [1.29, 1.82) is 0 Å². The quantitative estimate of drug-likeness (QED) is 0.443. The van der Waals surface area contributed by atoms with E-state index in [0.717, 1.165) is 36.7 Å². The van der Waals surface area contributed by atoms with Gasteiger partial charge in [0.25, 0.3) is 0 Å². The van der Waals surface area contributed by atoms with Crippen molar-refractivity contribution in [2.75, 3.05) is 18.4 Å². The van der Waals surface area contributed by atoms with Gasteiger partial charge in [0, 0.05) is 36.0 Å². The number of aliphatic imine (C=N–C) groups is 1. The Morgan fingerprint density at radius 2 is 2.04 bits per heavy atom. The second-order valence-corrected chi connectivity index (χ2v) is 7.47. The van der Waals surface area contributed by atoms with Crippen LogP contribution in [0.1, 0.15) is 50.0 Å². The predicted molar refractivity (Wildman–Crippen MR) is 116 cm³/mol. The summed E-state index contributed by atoms with van der Waals surface area (Å²) in [7, 11) is 0. The van der Waals surface area contributed by atoms with E-state index in [9.17, 15) is 4.79 Å². The standard InChI is InChI=1S/C21H30N4OS/c1-4-8-20(26)25-18-10-6-9-17(13-18)15-24-21(22-5-2)23-14-16(3)19-11-7-12-27-19/h6-7,9-13,16H,4-5,8,14-15H2,1-3H3,(H,25,26)(H2,22,23,24). The fourth-order valence-electron chi connectivity index (χ4n) is 2.63. The maximum atomic E-state index is 11.8. The van der Waals surface area contributed by atoms with Crippen molar-refractivity contribution in [3.8, 4) is 0 Å². The Bertz CT molecular complexity index is 728. The number of nitrogens with zero attached hydrogens (tertiary/aromatic N) is 1. The van der Waals surface area contributed by atoms with Crippen LogP contribution in [-0.2, 0) is 11.3 Å². The van der Waals surface area contributed by atoms with Crippen molar-refractivity contribution in [3.63, 3.8) is 0 Å². The third-order valence-corrected chi connectivity index (χ3v) is 5.16. The van der Waals surface area contributed by atoms with E-state index in [1.165, 1.54) is 4.88 Å². The number of benzene rings is 1. The molecule has 6 heteroatoms. The molecule has 0 fully saturated rings. The predicted octanol–water partition coefficient (Wildman–Crippen LogP) is 4.35. The van der Waals surface area contributed by atoms with Gasteiger partial charge < -0.3 is 16.0 Å². The second kappa shape index (κ2) is 11.4. The normalized spacial score (nSPS) is 12.5. The highest BCUT2D eigenvalue weighted by Crippen LogP contribution is 2.19. The van der Waals surface area contributed by atoms with Crippen LogP contribution in [0.3, 0.4) is 0 Å². The van der Waals surface area contributed by atoms with Gasteiger partial charge in [-0.05, 0) is 42.5 Å². The molecule has 0 aliphatic rings. The summed E-state index contributed by atoms with van der Waals surface area (Å²) in [6, 6.07) is 12.1. The van der Waals surface area contributed by atoms with Crippen LogP contribution in [0.25, 0.3) is 0 Å². The lowest BCUT2D eigenvalue weighted by Gasteiger charge is -2.15. The average Bonchev–Trinajstić information content (AvgIpc) is 3.19. The molecule has 1 amide bonds. The van der Waals surface area contributed by atoms with E-state index < -0.39 is 0 Å². The van der Waals surface area contributed by atoms with Gasteiger partial charge in [-0.15, -0.1) is 11.3 Å². The van der Waals surface area contributed by atoms with Gasteiger partial charge in [0.1, 0.15) is 0 Å². The van der Waals surface area contributed by atoms with Gasteiger partial charge in [0.05, 0.1) is 6.54 Å². The fourth-order valence-corrected chi connectivity index (χ4v) is 3.42. The summed E-state index contributed by atoms with van der Waals surface area (Å²) >= 11 is 1.78. The molecule has 5 nitrogen and oxygen atoms in total. The molecule has 3 N–H and O–H groups in total. The third-order valence-electron chi connectivity index (χ3n) is 4.06. The topological polar surface area (TPSA) is 65.5 Å². The minimum absolute atomic E-state index is 0.0516. The van der Waals surface area contributed by atoms with Crippen LogP contribution in [0.4, 0.5) is 5.69 Å². The van der Waals surface area contributed by atoms with Crippen molar-refractivity contribution >= 4 is 28.9 Å². The van der Waals surface area contributed by atoms with Crippen LogP contribution < -0.4 is 16.0 Å². The Labute approximate surface area is 166 Å². The van der Waals surface area contributed by atoms with Crippen molar-refractivity contribution in [1.82, 2.24) is 10.6 Å². The van der Waals surface area contributed by atoms with E-state index in [-0.39, 0.29) is 5.91 Å². The number of amides is 1. The Morgan fingerprint density at radius 3 is 2.74 bits per heavy atom. The first-order valence-corrected chi connectivity index (χ1v) is 10.4. The molecule has 0 aliphatic heterocycles. The SMILES string of the molecule is CCCC(=O)Nc1cccc(CN=C(NCC)NCC(C)c2cccs2)c1. The number of carbonyl (C=O) groups excluding carboxylic acids is 1. The molecule has 1 aromatic carbocycles. The van der Waals surface area contributed by atoms with Crippen LogP contribution in [-0.4, -0.2) is 25.0 Å². The first kappa shape index (κ1) is 21.0. The highest BCUT2D eigenvalue weighted by molar-refractivity contribution is 7.10. The lowest BCUT2D eigenvalue weighted by molar-refractivity contribution is -0.116. The molecule has 0 aliphatic carbocycles. The van der Waals surface area contributed by atoms with E-state index in [2.05, 4.69) is 52.3 Å². The third kappa shape index (κ3) is 7.43. The molecule has 2 aromatic rings. The highest BCUT2D eigenvalue weighted by atomic mass is 32.1. The molecule has 1 heterocycles. The molecule has 146 valence electrons. The van der Waals surface area contributed by atoms with Crippen LogP contribution in [0.5, 0.6) is 0 Å². The van der Waals surface area contributed by atoms with Gasteiger partial charge in [-0.2, -0.15) is 0 Å². The summed E-state index contributed by atoms with van der Waals surface area (Å²) in [4.78, 5) is 17.8. The molecular weight excluding hydrogens is 356 g/mol. The number of hydrogen-bond acceptors (Lipinski definition) is 3. The maximum Gasteiger partial charge on any atom is 0.224 e. The van der Waals surface area contributed by atoms with Gasteiger partial charge in [0.2, 0.25) is 5.91 Å². The van der Waals surface area contributed by atoms with Crippen LogP contribution in [0.15, 0.2) is 46.8 Å². The van der Waals surface area contributed by atoms with E-state index in [4.69, 9.17) is 0 Å². The zero-order valence-electron chi connectivity index (χ0n) is 16.4. The minimum Gasteiger partial charge on any atom is -0.357 e. The van der Waals surface area contributed by atoms with Crippen molar-refractivity contribution in [2.45, 2.75) is 46.1 Å². The van der Waals surface area contributed by atoms with Gasteiger partial charge >= 0.3 is 0 Å². The van der Waals surface area contributed by atoms with E-state index in [0.29, 0.717) is 18.9 Å². The number of carbonyl (C=O) groups is 1. The average molecular weight is 387 g/mol. The monoisotopic (exact) mass is 386 g/mol. The van der Waals surface area contributed by atoms with Crippen molar-refractivity contribution < 1.29 is 4.79 Å². The molecule has 0 saturated heterocycles. The first-order chi connectivity index (χ1) is 13.1. The second-order valence-electron chi connectivity index (χ2n) is 6.49. The molecule has 27 heavy (non-hydrogen) atoms. The molecule has 1 aromatic heterocycles. The highest BCUT2D eigenvalue weighted by Gasteiger charge is 2.07. The maximum absolute atomic E-state index is 11.8. The summed E-state index contributed by atoms with van der Waals surface area (Å²) in [6.45, 7) is 8.47. The molecule has 2 rings (SSSR count). The molecule has 0 radical (unpaired) electrons. The number of guanidine groups is 1. The number of nitrogens with one attached hydrogen (secondary N) is 3. The van der Waals surface area contributed by atoms with Crippen molar-refractivity contribution in [3.05, 3.63) is 52.2 Å². The Morgan fingerprint density at radius 1 is 1.19 bits per heavy atom. The number of thiophene rings is 1. The van der Waals surface area contributed by atoms with E-state index in [1.807, 2.05) is 31.2 Å². The van der Waals surface area contributed by atoms with E-state index in [1.54, 1.807) is 11.3 Å². The zero-order valence-corrected chi connectivity index (χ0v) is 17.2. The fraction of sp³-hybridized carbons (Fsp3) is 0.429. The molecule has 0 spiro atoms. The van der Waals surface area contributed by atoms with Gasteiger partial charge in [-0.1, -0.05) is 32.0 Å². The van der Waals surface area contributed by atoms with Gasteiger partial charge in [0.15, 0.2) is 5.96 Å². The Hall–Kier alpha value is -2.34. The summed E-state index contributed by atoms with van der Waals surface area (Å²) in [5.74, 6) is 1.29. The zero-order chi connectivity index (χ0) is 19.5. The summed E-state index contributed by atoms with van der Waals surface area (Å²) in [5, 5.41) is 11.8. The minimum atomic E-state index is 0.0516. The number of rotatable bonds is 9.